The van der Waals surface area contributed by atoms with Crippen molar-refractivity contribution in [3.05, 3.63) is 35.9 Å². The zero-order valence-electron chi connectivity index (χ0n) is 11.6. The van der Waals surface area contributed by atoms with Crippen LogP contribution in [0.2, 0.25) is 0 Å². The second-order valence-corrected chi connectivity index (χ2v) is 5.86. The molecule has 0 amide bonds. The van der Waals surface area contributed by atoms with E-state index >= 15 is 0 Å². The normalized spacial score (nSPS) is 25.7. The SMILES string of the molecule is CC(CC(CN)NCC1CC1C)c1ccccc1. The number of hydrogen-bond donors (Lipinski definition) is 2. The average Bonchev–Trinajstić information content (AvgIpc) is 3.11. The first-order chi connectivity index (χ1) is 8.70. The van der Waals surface area contributed by atoms with Gasteiger partial charge in [-0.1, -0.05) is 44.2 Å². The van der Waals surface area contributed by atoms with Gasteiger partial charge in [-0.15, -0.1) is 0 Å². The Morgan fingerprint density at radius 1 is 1.33 bits per heavy atom. The van der Waals surface area contributed by atoms with Crippen LogP contribution in [0.3, 0.4) is 0 Å². The van der Waals surface area contributed by atoms with E-state index in [0.717, 1.165) is 31.3 Å². The molecule has 2 rings (SSSR count). The molecule has 100 valence electrons. The molecule has 0 aromatic heterocycles. The van der Waals surface area contributed by atoms with Crippen LogP contribution in [-0.4, -0.2) is 19.1 Å². The van der Waals surface area contributed by atoms with Gasteiger partial charge in [-0.2, -0.15) is 0 Å². The lowest BCUT2D eigenvalue weighted by Gasteiger charge is -2.21. The van der Waals surface area contributed by atoms with Gasteiger partial charge >= 0.3 is 0 Å². The van der Waals surface area contributed by atoms with Gasteiger partial charge in [0.2, 0.25) is 0 Å². The Kier molecular flexibility index (Phi) is 4.79. The molecule has 1 fully saturated rings. The fourth-order valence-corrected chi connectivity index (χ4v) is 2.61. The molecule has 1 aromatic carbocycles. The summed E-state index contributed by atoms with van der Waals surface area (Å²) < 4.78 is 0. The number of hydrogen-bond acceptors (Lipinski definition) is 2. The molecule has 1 aliphatic carbocycles. The van der Waals surface area contributed by atoms with Crippen LogP contribution >= 0.6 is 0 Å². The summed E-state index contributed by atoms with van der Waals surface area (Å²) in [6, 6.07) is 11.2. The molecule has 18 heavy (non-hydrogen) atoms. The molecule has 1 saturated carbocycles. The largest absolute Gasteiger partial charge is 0.329 e. The lowest BCUT2D eigenvalue weighted by Crippen LogP contribution is -2.38. The Morgan fingerprint density at radius 3 is 2.56 bits per heavy atom. The number of benzene rings is 1. The first-order valence-electron chi connectivity index (χ1n) is 7.19. The summed E-state index contributed by atoms with van der Waals surface area (Å²) in [5, 5.41) is 3.64. The van der Waals surface area contributed by atoms with Crippen molar-refractivity contribution < 1.29 is 0 Å². The molecule has 1 aromatic rings. The van der Waals surface area contributed by atoms with Crippen molar-refractivity contribution in [3.8, 4) is 0 Å². The fraction of sp³-hybridized carbons (Fsp3) is 0.625. The Morgan fingerprint density at radius 2 is 2.00 bits per heavy atom. The topological polar surface area (TPSA) is 38.0 Å². The molecule has 0 saturated heterocycles. The third kappa shape index (κ3) is 3.82. The maximum atomic E-state index is 5.88. The van der Waals surface area contributed by atoms with Crippen LogP contribution in [0.4, 0.5) is 0 Å². The molecule has 3 N–H and O–H groups in total. The molecule has 0 spiro atoms. The summed E-state index contributed by atoms with van der Waals surface area (Å²) in [4.78, 5) is 0. The summed E-state index contributed by atoms with van der Waals surface area (Å²) in [5.41, 5.74) is 7.29. The highest BCUT2D eigenvalue weighted by molar-refractivity contribution is 5.18. The smallest absolute Gasteiger partial charge is 0.0196 e. The third-order valence-electron chi connectivity index (χ3n) is 4.24. The Labute approximate surface area is 111 Å². The van der Waals surface area contributed by atoms with E-state index in [2.05, 4.69) is 49.5 Å². The van der Waals surface area contributed by atoms with Crippen LogP contribution < -0.4 is 11.1 Å². The zero-order chi connectivity index (χ0) is 13.0. The minimum absolute atomic E-state index is 0.452. The molecule has 0 aliphatic heterocycles. The monoisotopic (exact) mass is 246 g/mol. The van der Waals surface area contributed by atoms with E-state index in [0.29, 0.717) is 12.0 Å². The van der Waals surface area contributed by atoms with Crippen molar-refractivity contribution in [2.75, 3.05) is 13.1 Å². The molecule has 4 atom stereocenters. The van der Waals surface area contributed by atoms with Crippen LogP contribution in [-0.2, 0) is 0 Å². The van der Waals surface area contributed by atoms with Crippen molar-refractivity contribution in [1.82, 2.24) is 5.32 Å². The molecule has 0 heterocycles. The summed E-state index contributed by atoms with van der Waals surface area (Å²) >= 11 is 0. The summed E-state index contributed by atoms with van der Waals surface area (Å²) in [6.45, 7) is 6.50. The van der Waals surface area contributed by atoms with Crippen LogP contribution in [0.15, 0.2) is 30.3 Å². The fourth-order valence-electron chi connectivity index (χ4n) is 2.61. The van der Waals surface area contributed by atoms with E-state index in [1.54, 1.807) is 0 Å². The molecule has 2 heteroatoms. The van der Waals surface area contributed by atoms with Gasteiger partial charge in [0.1, 0.15) is 0 Å². The Hall–Kier alpha value is -0.860. The summed E-state index contributed by atoms with van der Waals surface area (Å²) in [6.07, 6.45) is 2.51. The molecule has 0 bridgehead atoms. The molecule has 2 nitrogen and oxygen atoms in total. The highest BCUT2D eigenvalue weighted by atomic mass is 14.9. The van der Waals surface area contributed by atoms with Crippen molar-refractivity contribution in [2.24, 2.45) is 17.6 Å². The number of nitrogens with two attached hydrogens (primary N) is 1. The predicted molar refractivity (Wildman–Crippen MR) is 77.6 cm³/mol. The van der Waals surface area contributed by atoms with Gasteiger partial charge in [0.25, 0.3) is 0 Å². The average molecular weight is 246 g/mol. The molecular weight excluding hydrogens is 220 g/mol. The van der Waals surface area contributed by atoms with Crippen LogP contribution in [0.5, 0.6) is 0 Å². The van der Waals surface area contributed by atoms with Crippen molar-refractivity contribution in [1.29, 1.82) is 0 Å². The van der Waals surface area contributed by atoms with E-state index < -0.39 is 0 Å². The van der Waals surface area contributed by atoms with Gasteiger partial charge in [0.05, 0.1) is 0 Å². The van der Waals surface area contributed by atoms with Crippen LogP contribution in [0.25, 0.3) is 0 Å². The predicted octanol–water partition coefficient (Wildman–Crippen LogP) is 2.75. The Bertz CT molecular complexity index is 349. The lowest BCUT2D eigenvalue weighted by atomic mass is 9.94. The van der Waals surface area contributed by atoms with Gasteiger partial charge in [-0.3, -0.25) is 0 Å². The van der Waals surface area contributed by atoms with Gasteiger partial charge < -0.3 is 11.1 Å². The van der Waals surface area contributed by atoms with Gasteiger partial charge in [0, 0.05) is 12.6 Å². The second-order valence-electron chi connectivity index (χ2n) is 5.86. The van der Waals surface area contributed by atoms with Crippen LogP contribution in [0, 0.1) is 11.8 Å². The van der Waals surface area contributed by atoms with Crippen molar-refractivity contribution in [2.45, 2.75) is 38.6 Å². The molecule has 4 unspecified atom stereocenters. The Balaban J connectivity index is 1.78. The zero-order valence-corrected chi connectivity index (χ0v) is 11.6. The first kappa shape index (κ1) is 13.6. The summed E-state index contributed by atoms with van der Waals surface area (Å²) in [7, 11) is 0. The van der Waals surface area contributed by atoms with E-state index in [-0.39, 0.29) is 0 Å². The minimum Gasteiger partial charge on any atom is -0.329 e. The highest BCUT2D eigenvalue weighted by Gasteiger charge is 2.32. The summed E-state index contributed by atoms with van der Waals surface area (Å²) in [5.74, 6) is 2.39. The van der Waals surface area contributed by atoms with Crippen molar-refractivity contribution >= 4 is 0 Å². The number of nitrogens with one attached hydrogen (secondary N) is 1. The minimum atomic E-state index is 0.452. The third-order valence-corrected chi connectivity index (χ3v) is 4.24. The van der Waals surface area contributed by atoms with E-state index in [1.165, 1.54) is 12.0 Å². The van der Waals surface area contributed by atoms with E-state index in [1.807, 2.05) is 0 Å². The van der Waals surface area contributed by atoms with E-state index in [4.69, 9.17) is 5.73 Å². The lowest BCUT2D eigenvalue weighted by molar-refractivity contribution is 0.443. The number of rotatable bonds is 7. The van der Waals surface area contributed by atoms with E-state index in [9.17, 15) is 0 Å². The highest BCUT2D eigenvalue weighted by Crippen LogP contribution is 2.36. The quantitative estimate of drug-likeness (QED) is 0.776. The van der Waals surface area contributed by atoms with Gasteiger partial charge in [0.15, 0.2) is 0 Å². The second kappa shape index (κ2) is 6.35. The molecule has 0 radical (unpaired) electrons. The molecule has 1 aliphatic rings. The first-order valence-corrected chi connectivity index (χ1v) is 7.19. The standard InChI is InChI=1S/C16H26N2/c1-12-8-15(12)11-18-16(10-17)9-13(2)14-6-4-3-5-7-14/h3-7,12-13,15-16,18H,8-11,17H2,1-2H3. The maximum Gasteiger partial charge on any atom is 0.0196 e. The van der Waals surface area contributed by atoms with Crippen molar-refractivity contribution in [3.63, 3.8) is 0 Å². The van der Waals surface area contributed by atoms with Gasteiger partial charge in [-0.05, 0) is 42.7 Å². The molecular formula is C16H26N2. The van der Waals surface area contributed by atoms with Gasteiger partial charge in [-0.25, -0.2) is 0 Å². The van der Waals surface area contributed by atoms with Crippen LogP contribution in [0.1, 0.15) is 38.2 Å². The maximum absolute atomic E-state index is 5.88.